The van der Waals surface area contributed by atoms with E-state index in [1.807, 2.05) is 0 Å². The van der Waals surface area contributed by atoms with Crippen LogP contribution in [0.25, 0.3) is 0 Å². The van der Waals surface area contributed by atoms with Crippen molar-refractivity contribution in [3.8, 4) is 5.75 Å². The molecule has 0 bridgehead atoms. The Bertz CT molecular complexity index is 1200. The highest BCUT2D eigenvalue weighted by Gasteiger charge is 2.29. The number of nitrogens with zero attached hydrogens (tertiary/aromatic N) is 3. The van der Waals surface area contributed by atoms with Crippen LogP contribution in [0.1, 0.15) is 33.1 Å². The number of aromatic nitrogens is 2. The van der Waals surface area contributed by atoms with Gasteiger partial charge in [0.2, 0.25) is 15.9 Å². The molecular formula is C21H28N4O6S. The highest BCUT2D eigenvalue weighted by atomic mass is 32.2. The van der Waals surface area contributed by atoms with Gasteiger partial charge in [-0.25, -0.2) is 13.2 Å². The monoisotopic (exact) mass is 464 g/mol. The number of sulfonamides is 1. The van der Waals surface area contributed by atoms with E-state index in [0.717, 1.165) is 23.8 Å². The average Bonchev–Trinajstić information content (AvgIpc) is 2.78. The molecule has 0 spiro atoms. The van der Waals surface area contributed by atoms with Crippen molar-refractivity contribution in [1.29, 1.82) is 0 Å². The van der Waals surface area contributed by atoms with Crippen molar-refractivity contribution in [2.24, 2.45) is 0 Å². The summed E-state index contributed by atoms with van der Waals surface area (Å²) < 4.78 is 35.5. The zero-order valence-electron chi connectivity index (χ0n) is 18.2. The Morgan fingerprint density at radius 1 is 1.09 bits per heavy atom. The van der Waals surface area contributed by atoms with Gasteiger partial charge in [0, 0.05) is 37.6 Å². The van der Waals surface area contributed by atoms with Crippen LogP contribution in [-0.4, -0.2) is 47.5 Å². The van der Waals surface area contributed by atoms with Gasteiger partial charge in [-0.2, -0.15) is 4.31 Å². The van der Waals surface area contributed by atoms with Crippen LogP contribution in [0, 0.1) is 0 Å². The van der Waals surface area contributed by atoms with E-state index in [1.165, 1.54) is 39.3 Å². The third-order valence-electron chi connectivity index (χ3n) is 5.24. The van der Waals surface area contributed by atoms with Crippen molar-refractivity contribution in [2.75, 3.05) is 25.0 Å². The summed E-state index contributed by atoms with van der Waals surface area (Å²) in [5, 5.41) is 2.58. The minimum Gasteiger partial charge on any atom is -0.492 e. The standard InChI is InChI=1S/C21H28N4O6S/c1-3-23-13-10-20(27)25(21(23)28)15-19(26)22-16-8-9-17(31-4-2)18(14-16)32(29,30)24-11-6-5-7-12-24/h8-10,13-14H,3-7,11-12,15H2,1-2H3,(H,22,26). The van der Waals surface area contributed by atoms with E-state index in [4.69, 9.17) is 4.74 Å². The molecule has 0 atom stereocenters. The fourth-order valence-corrected chi connectivity index (χ4v) is 5.27. The zero-order chi connectivity index (χ0) is 23.3. The number of piperidine rings is 1. The lowest BCUT2D eigenvalue weighted by Crippen LogP contribution is -2.41. The minimum absolute atomic E-state index is 0.0238. The first-order chi connectivity index (χ1) is 15.3. The van der Waals surface area contributed by atoms with Crippen LogP contribution >= 0.6 is 0 Å². The van der Waals surface area contributed by atoms with Gasteiger partial charge in [-0.3, -0.25) is 14.2 Å². The van der Waals surface area contributed by atoms with Crippen molar-refractivity contribution >= 4 is 21.6 Å². The molecule has 1 amide bonds. The van der Waals surface area contributed by atoms with E-state index < -0.39 is 33.7 Å². The van der Waals surface area contributed by atoms with Gasteiger partial charge in [-0.05, 0) is 44.9 Å². The molecule has 0 unspecified atom stereocenters. The second-order valence-corrected chi connectivity index (χ2v) is 9.32. The predicted molar refractivity (Wildman–Crippen MR) is 119 cm³/mol. The average molecular weight is 465 g/mol. The topological polar surface area (TPSA) is 120 Å². The highest BCUT2D eigenvalue weighted by molar-refractivity contribution is 7.89. The van der Waals surface area contributed by atoms with Crippen LogP contribution in [0.4, 0.5) is 5.69 Å². The SMILES string of the molecule is CCOc1ccc(NC(=O)Cn2c(=O)ccn(CC)c2=O)cc1S(=O)(=O)N1CCCCC1. The van der Waals surface area contributed by atoms with E-state index in [1.54, 1.807) is 13.8 Å². The quantitative estimate of drug-likeness (QED) is 0.628. The largest absolute Gasteiger partial charge is 0.492 e. The summed E-state index contributed by atoms with van der Waals surface area (Å²) in [6.45, 7) is 4.54. The van der Waals surface area contributed by atoms with Crippen molar-refractivity contribution in [2.45, 2.75) is 51.1 Å². The molecule has 0 saturated carbocycles. The highest BCUT2D eigenvalue weighted by Crippen LogP contribution is 2.31. The normalized spacial score (nSPS) is 14.8. The van der Waals surface area contributed by atoms with E-state index in [2.05, 4.69) is 5.32 Å². The maximum atomic E-state index is 13.2. The molecule has 0 aliphatic carbocycles. The molecule has 11 heteroatoms. The molecule has 3 rings (SSSR count). The number of hydrogen-bond acceptors (Lipinski definition) is 6. The summed E-state index contributed by atoms with van der Waals surface area (Å²) in [7, 11) is -3.81. The van der Waals surface area contributed by atoms with Crippen LogP contribution in [-0.2, 0) is 27.9 Å². The molecule has 1 aliphatic rings. The van der Waals surface area contributed by atoms with Crippen LogP contribution in [0.15, 0.2) is 44.9 Å². The number of carbonyl (C=O) groups excluding carboxylic acids is 1. The third-order valence-corrected chi connectivity index (χ3v) is 7.16. The first-order valence-electron chi connectivity index (χ1n) is 10.6. The molecule has 1 fully saturated rings. The van der Waals surface area contributed by atoms with Crippen molar-refractivity contribution in [3.05, 3.63) is 51.3 Å². The van der Waals surface area contributed by atoms with Gasteiger partial charge in [0.1, 0.15) is 17.2 Å². The summed E-state index contributed by atoms with van der Waals surface area (Å²) >= 11 is 0. The van der Waals surface area contributed by atoms with Gasteiger partial charge in [0.15, 0.2) is 0 Å². The van der Waals surface area contributed by atoms with Gasteiger partial charge in [-0.1, -0.05) is 6.42 Å². The second-order valence-electron chi connectivity index (χ2n) is 7.42. The molecule has 1 saturated heterocycles. The predicted octanol–water partition coefficient (Wildman–Crippen LogP) is 1.24. The molecule has 1 aromatic heterocycles. The number of anilines is 1. The maximum absolute atomic E-state index is 13.2. The Kier molecular flexibility index (Phi) is 7.52. The first kappa shape index (κ1) is 23.7. The molecule has 1 N–H and O–H groups in total. The molecular weight excluding hydrogens is 436 g/mol. The van der Waals surface area contributed by atoms with Crippen LogP contribution < -0.4 is 21.3 Å². The number of nitrogens with one attached hydrogen (secondary N) is 1. The van der Waals surface area contributed by atoms with Gasteiger partial charge in [-0.15, -0.1) is 0 Å². The van der Waals surface area contributed by atoms with E-state index >= 15 is 0 Å². The van der Waals surface area contributed by atoms with Crippen molar-refractivity contribution in [1.82, 2.24) is 13.4 Å². The Labute approximate surface area is 186 Å². The van der Waals surface area contributed by atoms with Gasteiger partial charge < -0.3 is 14.6 Å². The van der Waals surface area contributed by atoms with Crippen molar-refractivity contribution in [3.63, 3.8) is 0 Å². The molecule has 174 valence electrons. The zero-order valence-corrected chi connectivity index (χ0v) is 19.1. The fraction of sp³-hybridized carbons (Fsp3) is 0.476. The third kappa shape index (κ3) is 5.10. The van der Waals surface area contributed by atoms with Crippen LogP contribution in [0.5, 0.6) is 5.75 Å². The Morgan fingerprint density at radius 2 is 1.81 bits per heavy atom. The summed E-state index contributed by atoms with van der Waals surface area (Å²) in [6, 6.07) is 5.59. The fourth-order valence-electron chi connectivity index (χ4n) is 3.59. The summed E-state index contributed by atoms with van der Waals surface area (Å²) in [5.41, 5.74) is -0.945. The van der Waals surface area contributed by atoms with E-state index in [0.29, 0.717) is 19.6 Å². The summed E-state index contributed by atoms with van der Waals surface area (Å²) in [4.78, 5) is 36.9. The van der Waals surface area contributed by atoms with Crippen LogP contribution in [0.3, 0.4) is 0 Å². The smallest absolute Gasteiger partial charge is 0.331 e. The number of carbonyl (C=O) groups is 1. The van der Waals surface area contributed by atoms with Crippen molar-refractivity contribution < 1.29 is 17.9 Å². The van der Waals surface area contributed by atoms with Gasteiger partial charge >= 0.3 is 5.69 Å². The number of rotatable bonds is 8. The molecule has 1 aromatic carbocycles. The number of amides is 1. The maximum Gasteiger partial charge on any atom is 0.331 e. The second kappa shape index (κ2) is 10.1. The number of benzene rings is 1. The molecule has 2 aromatic rings. The lowest BCUT2D eigenvalue weighted by molar-refractivity contribution is -0.116. The summed E-state index contributed by atoms with van der Waals surface area (Å²) in [5.74, 6) is -0.412. The number of hydrogen-bond donors (Lipinski definition) is 1. The number of aryl methyl sites for hydroxylation is 1. The lowest BCUT2D eigenvalue weighted by atomic mass is 10.2. The molecule has 2 heterocycles. The Balaban J connectivity index is 1.88. The van der Waals surface area contributed by atoms with Gasteiger partial charge in [0.05, 0.1) is 6.61 Å². The molecule has 1 aliphatic heterocycles. The van der Waals surface area contributed by atoms with Crippen LogP contribution in [0.2, 0.25) is 0 Å². The molecule has 0 radical (unpaired) electrons. The van der Waals surface area contributed by atoms with Gasteiger partial charge in [0.25, 0.3) is 5.56 Å². The Morgan fingerprint density at radius 3 is 2.47 bits per heavy atom. The lowest BCUT2D eigenvalue weighted by Gasteiger charge is -2.27. The molecule has 32 heavy (non-hydrogen) atoms. The minimum atomic E-state index is -3.81. The molecule has 10 nitrogen and oxygen atoms in total. The van der Waals surface area contributed by atoms with E-state index in [-0.39, 0.29) is 22.9 Å². The summed E-state index contributed by atoms with van der Waals surface area (Å²) in [6.07, 6.45) is 3.95. The van der Waals surface area contributed by atoms with E-state index in [9.17, 15) is 22.8 Å². The first-order valence-corrected chi connectivity index (χ1v) is 12.1. The number of ether oxygens (including phenoxy) is 1. The Hall–Kier alpha value is -2.92.